The molecule has 2 aromatic rings. The van der Waals surface area contributed by atoms with E-state index in [0.29, 0.717) is 30.0 Å². The molecule has 1 unspecified atom stereocenters. The fourth-order valence-corrected chi connectivity index (χ4v) is 4.14. The van der Waals surface area contributed by atoms with E-state index in [1.54, 1.807) is 35.2 Å². The molecule has 29 heavy (non-hydrogen) atoms. The molecule has 2 aromatic carbocycles. The van der Waals surface area contributed by atoms with Gasteiger partial charge in [0.15, 0.2) is 0 Å². The maximum Gasteiger partial charge on any atom is 0.254 e. The van der Waals surface area contributed by atoms with E-state index in [9.17, 15) is 14.3 Å². The number of halogens is 1. The average Bonchev–Trinajstić information content (AvgIpc) is 3.42. The van der Waals surface area contributed by atoms with Gasteiger partial charge in [0, 0.05) is 43.9 Å². The van der Waals surface area contributed by atoms with Gasteiger partial charge >= 0.3 is 0 Å². The predicted octanol–water partition coefficient (Wildman–Crippen LogP) is 3.95. The van der Waals surface area contributed by atoms with Crippen molar-refractivity contribution in [2.75, 3.05) is 31.1 Å². The fraction of sp³-hybridized carbons (Fsp3) is 0.435. The van der Waals surface area contributed by atoms with Crippen LogP contribution in [0.4, 0.5) is 10.1 Å². The third kappa shape index (κ3) is 4.53. The summed E-state index contributed by atoms with van der Waals surface area (Å²) in [5.41, 5.74) is 1.54. The van der Waals surface area contributed by atoms with E-state index in [-0.39, 0.29) is 30.1 Å². The highest BCUT2D eigenvalue weighted by Crippen LogP contribution is 2.26. The fourth-order valence-electron chi connectivity index (χ4n) is 4.14. The number of hydrogen-bond donors (Lipinski definition) is 1. The number of carbonyl (C=O) groups excluding carboxylic acids is 1. The number of aromatic hydroxyl groups is 1. The molecule has 2 aliphatic heterocycles. The molecule has 0 spiro atoms. The van der Waals surface area contributed by atoms with Crippen LogP contribution in [0.15, 0.2) is 42.5 Å². The molecule has 1 amide bonds. The Morgan fingerprint density at radius 3 is 2.66 bits per heavy atom. The summed E-state index contributed by atoms with van der Waals surface area (Å²) in [5.74, 6) is -0.471. The Morgan fingerprint density at radius 2 is 1.97 bits per heavy atom. The van der Waals surface area contributed by atoms with Gasteiger partial charge in [0.1, 0.15) is 11.6 Å². The molecule has 2 aliphatic rings. The van der Waals surface area contributed by atoms with Crippen molar-refractivity contribution in [3.63, 3.8) is 0 Å². The lowest BCUT2D eigenvalue weighted by Crippen LogP contribution is -2.37. The van der Waals surface area contributed by atoms with Gasteiger partial charge < -0.3 is 19.6 Å². The van der Waals surface area contributed by atoms with E-state index in [0.717, 1.165) is 38.8 Å². The van der Waals surface area contributed by atoms with Crippen molar-refractivity contribution < 1.29 is 19.0 Å². The van der Waals surface area contributed by atoms with E-state index in [1.807, 2.05) is 11.0 Å². The van der Waals surface area contributed by atoms with Crippen LogP contribution >= 0.6 is 0 Å². The van der Waals surface area contributed by atoms with Crippen LogP contribution in [0.1, 0.15) is 41.6 Å². The molecule has 6 heteroatoms. The molecule has 1 atom stereocenters. The van der Waals surface area contributed by atoms with Crippen molar-refractivity contribution >= 4 is 11.6 Å². The number of amides is 1. The van der Waals surface area contributed by atoms with Crippen molar-refractivity contribution in [2.45, 2.75) is 38.3 Å². The number of phenols is 1. The number of para-hydroxylation sites is 1. The first-order chi connectivity index (χ1) is 14.1. The predicted molar refractivity (Wildman–Crippen MR) is 110 cm³/mol. The van der Waals surface area contributed by atoms with Gasteiger partial charge in [0.05, 0.1) is 11.8 Å². The monoisotopic (exact) mass is 398 g/mol. The Balaban J connectivity index is 1.56. The van der Waals surface area contributed by atoms with Crippen molar-refractivity contribution in [3.05, 3.63) is 59.4 Å². The van der Waals surface area contributed by atoms with Gasteiger partial charge in [-0.3, -0.25) is 4.79 Å². The zero-order valence-electron chi connectivity index (χ0n) is 16.5. The standard InChI is InChI=1S/C23H27FN2O3/c24-20-14-17(9-10-21(20)25-11-3-4-12-25)23(28)26(16-19-7-5-13-29-19)15-18-6-1-2-8-22(18)27/h1-2,6,8-10,14,19,27H,3-5,7,11-13,15-16H2. The van der Waals surface area contributed by atoms with Gasteiger partial charge in [-0.2, -0.15) is 0 Å². The van der Waals surface area contributed by atoms with Crippen molar-refractivity contribution in [2.24, 2.45) is 0 Å². The maximum atomic E-state index is 14.7. The highest BCUT2D eigenvalue weighted by atomic mass is 19.1. The van der Waals surface area contributed by atoms with E-state index < -0.39 is 0 Å². The van der Waals surface area contributed by atoms with E-state index in [1.165, 1.54) is 6.07 Å². The number of ether oxygens (including phenoxy) is 1. The summed E-state index contributed by atoms with van der Waals surface area (Å²) in [6.07, 6.45) is 3.97. The SMILES string of the molecule is O=C(c1ccc(N2CCCC2)c(F)c1)N(Cc1ccccc1O)CC1CCCO1. The van der Waals surface area contributed by atoms with Gasteiger partial charge in [-0.05, 0) is 49.9 Å². The molecule has 2 saturated heterocycles. The summed E-state index contributed by atoms with van der Waals surface area (Å²) >= 11 is 0. The van der Waals surface area contributed by atoms with Crippen molar-refractivity contribution in [1.82, 2.24) is 4.90 Å². The molecule has 2 heterocycles. The van der Waals surface area contributed by atoms with Crippen molar-refractivity contribution in [1.29, 1.82) is 0 Å². The lowest BCUT2D eigenvalue weighted by atomic mass is 10.1. The molecule has 0 radical (unpaired) electrons. The Bertz CT molecular complexity index is 861. The minimum Gasteiger partial charge on any atom is -0.508 e. The normalized spacial score (nSPS) is 18.9. The molecule has 5 nitrogen and oxygen atoms in total. The molecule has 154 valence electrons. The van der Waals surface area contributed by atoms with Crippen LogP contribution in [0.3, 0.4) is 0 Å². The Labute approximate surface area is 170 Å². The topological polar surface area (TPSA) is 53.0 Å². The quantitative estimate of drug-likeness (QED) is 0.801. The van der Waals surface area contributed by atoms with Gasteiger partial charge in [-0.15, -0.1) is 0 Å². The van der Waals surface area contributed by atoms with Crippen LogP contribution in [0.25, 0.3) is 0 Å². The van der Waals surface area contributed by atoms with Gasteiger partial charge in [-0.25, -0.2) is 4.39 Å². The third-order valence-electron chi connectivity index (χ3n) is 5.73. The maximum absolute atomic E-state index is 14.7. The highest BCUT2D eigenvalue weighted by Gasteiger charge is 2.25. The Kier molecular flexibility index (Phi) is 6.00. The number of carbonyl (C=O) groups is 1. The van der Waals surface area contributed by atoms with Crippen LogP contribution < -0.4 is 4.90 Å². The first-order valence-corrected chi connectivity index (χ1v) is 10.3. The number of rotatable bonds is 6. The molecule has 0 saturated carbocycles. The summed E-state index contributed by atoms with van der Waals surface area (Å²) in [5, 5.41) is 10.1. The molecule has 2 fully saturated rings. The van der Waals surface area contributed by atoms with Gasteiger partial charge in [-0.1, -0.05) is 18.2 Å². The summed E-state index contributed by atoms with van der Waals surface area (Å²) in [4.78, 5) is 16.9. The number of nitrogens with zero attached hydrogens (tertiary/aromatic N) is 2. The molecule has 1 N–H and O–H groups in total. The summed E-state index contributed by atoms with van der Waals surface area (Å²) in [7, 11) is 0. The van der Waals surface area contributed by atoms with Crippen LogP contribution in [-0.4, -0.2) is 48.3 Å². The van der Waals surface area contributed by atoms with E-state index >= 15 is 0 Å². The summed E-state index contributed by atoms with van der Waals surface area (Å²) in [6, 6.07) is 11.7. The number of phenolic OH excluding ortho intramolecular Hbond substituents is 1. The number of benzene rings is 2. The zero-order chi connectivity index (χ0) is 20.2. The first-order valence-electron chi connectivity index (χ1n) is 10.3. The van der Waals surface area contributed by atoms with Gasteiger partial charge in [0.2, 0.25) is 0 Å². The second-order valence-electron chi connectivity index (χ2n) is 7.81. The molecule has 0 aliphatic carbocycles. The van der Waals surface area contributed by atoms with E-state index in [2.05, 4.69) is 0 Å². The van der Waals surface area contributed by atoms with Crippen molar-refractivity contribution in [3.8, 4) is 5.75 Å². The molecular weight excluding hydrogens is 371 g/mol. The molecule has 0 aromatic heterocycles. The second-order valence-corrected chi connectivity index (χ2v) is 7.81. The average molecular weight is 398 g/mol. The number of hydrogen-bond acceptors (Lipinski definition) is 4. The lowest BCUT2D eigenvalue weighted by Gasteiger charge is -2.26. The Morgan fingerprint density at radius 1 is 1.17 bits per heavy atom. The minimum atomic E-state index is -0.364. The first kappa shape index (κ1) is 19.7. The van der Waals surface area contributed by atoms with Gasteiger partial charge in [0.25, 0.3) is 5.91 Å². The smallest absolute Gasteiger partial charge is 0.254 e. The van der Waals surface area contributed by atoms with Crippen LogP contribution in [0.2, 0.25) is 0 Å². The zero-order valence-corrected chi connectivity index (χ0v) is 16.5. The summed E-state index contributed by atoms with van der Waals surface area (Å²) in [6.45, 7) is 3.07. The van der Waals surface area contributed by atoms with E-state index in [4.69, 9.17) is 4.74 Å². The highest BCUT2D eigenvalue weighted by molar-refractivity contribution is 5.94. The Hall–Kier alpha value is -2.60. The lowest BCUT2D eigenvalue weighted by molar-refractivity contribution is 0.0505. The summed E-state index contributed by atoms with van der Waals surface area (Å²) < 4.78 is 20.5. The second kappa shape index (κ2) is 8.82. The van der Waals surface area contributed by atoms with Crippen LogP contribution in [0.5, 0.6) is 5.75 Å². The molecule has 0 bridgehead atoms. The third-order valence-corrected chi connectivity index (χ3v) is 5.73. The largest absolute Gasteiger partial charge is 0.508 e. The molecule has 4 rings (SSSR count). The van der Waals surface area contributed by atoms with Crippen LogP contribution in [-0.2, 0) is 11.3 Å². The van der Waals surface area contributed by atoms with Crippen LogP contribution in [0, 0.1) is 5.82 Å². The minimum absolute atomic E-state index is 0.0291. The molecular formula is C23H27FN2O3. The number of anilines is 1.